The van der Waals surface area contributed by atoms with Crippen molar-refractivity contribution in [2.45, 2.75) is 64.1 Å². The van der Waals surface area contributed by atoms with Gasteiger partial charge in [0.05, 0.1) is 12.2 Å². The minimum Gasteiger partial charge on any atom is -0.335 e. The van der Waals surface area contributed by atoms with Crippen molar-refractivity contribution in [3.63, 3.8) is 0 Å². The van der Waals surface area contributed by atoms with Crippen molar-refractivity contribution in [1.82, 2.24) is 15.2 Å². The van der Waals surface area contributed by atoms with Crippen molar-refractivity contribution in [2.24, 2.45) is 0 Å². The van der Waals surface area contributed by atoms with Crippen LogP contribution in [0.3, 0.4) is 0 Å². The van der Waals surface area contributed by atoms with Crippen LogP contribution in [0.5, 0.6) is 0 Å². The molecule has 1 aliphatic carbocycles. The number of hydrogen-bond acceptors (Lipinski definition) is 2. The monoisotopic (exact) mass is 351 g/mol. The molecule has 1 fully saturated rings. The predicted octanol–water partition coefficient (Wildman–Crippen LogP) is 4.51. The van der Waals surface area contributed by atoms with E-state index in [0.717, 1.165) is 25.0 Å². The number of pyridine rings is 1. The van der Waals surface area contributed by atoms with Crippen LogP contribution in [0.25, 0.3) is 0 Å². The minimum absolute atomic E-state index is 0.0132. The van der Waals surface area contributed by atoms with Crippen molar-refractivity contribution in [3.8, 4) is 0 Å². The Morgan fingerprint density at radius 2 is 1.88 bits per heavy atom. The molecule has 1 aliphatic rings. The number of aromatic nitrogens is 1. The Morgan fingerprint density at radius 3 is 2.50 bits per heavy atom. The number of hydrogen-bond donors (Lipinski definition) is 1. The molecule has 1 atom stereocenters. The molecule has 3 rings (SSSR count). The zero-order valence-electron chi connectivity index (χ0n) is 16.0. The molecule has 1 unspecified atom stereocenters. The molecule has 0 aliphatic heterocycles. The molecule has 1 heterocycles. The van der Waals surface area contributed by atoms with Gasteiger partial charge in [-0.3, -0.25) is 4.98 Å². The minimum atomic E-state index is 0.0132. The third-order valence-electron chi connectivity index (χ3n) is 5.05. The van der Waals surface area contributed by atoms with Gasteiger partial charge < -0.3 is 10.2 Å². The molecule has 26 heavy (non-hydrogen) atoms. The number of carbonyl (C=O) groups is 1. The van der Waals surface area contributed by atoms with Gasteiger partial charge in [-0.05, 0) is 49.3 Å². The van der Waals surface area contributed by atoms with Crippen LogP contribution < -0.4 is 5.32 Å². The first kappa shape index (κ1) is 18.4. The molecule has 1 N–H and O–H groups in total. The molecule has 2 aromatic rings. The molecule has 4 heteroatoms. The van der Waals surface area contributed by atoms with Crippen molar-refractivity contribution >= 4 is 6.03 Å². The first-order chi connectivity index (χ1) is 12.5. The van der Waals surface area contributed by atoms with Crippen molar-refractivity contribution in [1.29, 1.82) is 0 Å². The third kappa shape index (κ3) is 4.84. The van der Waals surface area contributed by atoms with Crippen LogP contribution in [0.4, 0.5) is 4.79 Å². The van der Waals surface area contributed by atoms with Gasteiger partial charge in [0.2, 0.25) is 0 Å². The molecule has 138 valence electrons. The normalized spacial score (nSPS) is 15.3. The molecular weight excluding hydrogens is 322 g/mol. The van der Waals surface area contributed by atoms with Crippen molar-refractivity contribution in [3.05, 3.63) is 66.0 Å². The maximum Gasteiger partial charge on any atom is 0.318 e. The number of amides is 2. The standard InChI is InChI=1S/C22H29N3O/c1-17(15-22(2,3)18-9-5-4-6-10-18)24-21(26)25(20-12-13-20)16-19-11-7-8-14-23-19/h4-11,14,17,20H,12-13,15-16H2,1-3H3,(H,24,26). The number of nitrogens with one attached hydrogen (secondary N) is 1. The topological polar surface area (TPSA) is 45.2 Å². The predicted molar refractivity (Wildman–Crippen MR) is 105 cm³/mol. The second-order valence-corrected chi connectivity index (χ2v) is 7.98. The van der Waals surface area contributed by atoms with Crippen LogP contribution in [0.2, 0.25) is 0 Å². The highest BCUT2D eigenvalue weighted by molar-refractivity contribution is 5.75. The van der Waals surface area contributed by atoms with Gasteiger partial charge in [0.25, 0.3) is 0 Å². The van der Waals surface area contributed by atoms with Gasteiger partial charge in [0, 0.05) is 18.3 Å². The number of nitrogens with zero attached hydrogens (tertiary/aromatic N) is 2. The molecule has 1 aromatic carbocycles. The first-order valence-electron chi connectivity index (χ1n) is 9.48. The Balaban J connectivity index is 1.60. The molecule has 0 spiro atoms. The molecule has 1 saturated carbocycles. The number of benzene rings is 1. The van der Waals surface area contributed by atoms with Crippen LogP contribution >= 0.6 is 0 Å². The van der Waals surface area contributed by atoms with E-state index in [1.165, 1.54) is 5.56 Å². The second kappa shape index (κ2) is 7.90. The fraction of sp³-hybridized carbons (Fsp3) is 0.455. The molecule has 1 aromatic heterocycles. The summed E-state index contributed by atoms with van der Waals surface area (Å²) in [7, 11) is 0. The lowest BCUT2D eigenvalue weighted by Gasteiger charge is -2.31. The van der Waals surface area contributed by atoms with Crippen LogP contribution in [0.15, 0.2) is 54.7 Å². The summed E-state index contributed by atoms with van der Waals surface area (Å²) in [5, 5.41) is 3.21. The summed E-state index contributed by atoms with van der Waals surface area (Å²) < 4.78 is 0. The van der Waals surface area contributed by atoms with E-state index in [1.807, 2.05) is 29.2 Å². The second-order valence-electron chi connectivity index (χ2n) is 7.98. The lowest BCUT2D eigenvalue weighted by atomic mass is 9.79. The molecule has 0 bridgehead atoms. The molecule has 2 amide bonds. The average molecular weight is 351 g/mol. The van der Waals surface area contributed by atoms with E-state index in [-0.39, 0.29) is 17.5 Å². The lowest BCUT2D eigenvalue weighted by Crippen LogP contribution is -2.46. The lowest BCUT2D eigenvalue weighted by molar-refractivity contribution is 0.185. The van der Waals surface area contributed by atoms with Gasteiger partial charge >= 0.3 is 6.03 Å². The van der Waals surface area contributed by atoms with Gasteiger partial charge in [-0.15, -0.1) is 0 Å². The Labute approximate surface area is 156 Å². The highest BCUT2D eigenvalue weighted by atomic mass is 16.2. The van der Waals surface area contributed by atoms with E-state index >= 15 is 0 Å². The zero-order chi connectivity index (χ0) is 18.6. The highest BCUT2D eigenvalue weighted by Crippen LogP contribution is 2.30. The summed E-state index contributed by atoms with van der Waals surface area (Å²) in [4.78, 5) is 19.2. The van der Waals surface area contributed by atoms with E-state index in [2.05, 4.69) is 55.3 Å². The fourth-order valence-corrected chi connectivity index (χ4v) is 3.54. The molecule has 0 radical (unpaired) electrons. The summed E-state index contributed by atoms with van der Waals surface area (Å²) >= 11 is 0. The van der Waals surface area contributed by atoms with Gasteiger partial charge in [-0.25, -0.2) is 4.79 Å². The molecule has 0 saturated heterocycles. The SMILES string of the molecule is CC(CC(C)(C)c1ccccc1)NC(=O)N(Cc1ccccn1)C1CC1. The third-order valence-corrected chi connectivity index (χ3v) is 5.05. The fourth-order valence-electron chi connectivity index (χ4n) is 3.54. The van der Waals surface area contributed by atoms with Crippen LogP contribution in [0.1, 0.15) is 51.3 Å². The maximum atomic E-state index is 12.8. The largest absolute Gasteiger partial charge is 0.335 e. The van der Waals surface area contributed by atoms with E-state index < -0.39 is 0 Å². The van der Waals surface area contributed by atoms with Crippen LogP contribution in [-0.2, 0) is 12.0 Å². The first-order valence-corrected chi connectivity index (χ1v) is 9.48. The summed E-state index contributed by atoms with van der Waals surface area (Å²) in [5.41, 5.74) is 2.25. The van der Waals surface area contributed by atoms with Crippen LogP contribution in [0, 0.1) is 0 Å². The maximum absolute atomic E-state index is 12.8. The number of rotatable bonds is 7. The van der Waals surface area contributed by atoms with E-state index in [1.54, 1.807) is 6.20 Å². The smallest absolute Gasteiger partial charge is 0.318 e. The van der Waals surface area contributed by atoms with Gasteiger partial charge in [0.1, 0.15) is 0 Å². The van der Waals surface area contributed by atoms with Crippen LogP contribution in [-0.4, -0.2) is 28.0 Å². The van der Waals surface area contributed by atoms with Gasteiger partial charge in [-0.1, -0.05) is 50.2 Å². The highest BCUT2D eigenvalue weighted by Gasteiger charge is 2.34. The molecular formula is C22H29N3O. The van der Waals surface area contributed by atoms with E-state index in [4.69, 9.17) is 0 Å². The van der Waals surface area contributed by atoms with Crippen molar-refractivity contribution in [2.75, 3.05) is 0 Å². The Kier molecular flexibility index (Phi) is 5.60. The average Bonchev–Trinajstić information content (AvgIpc) is 3.45. The quantitative estimate of drug-likeness (QED) is 0.797. The van der Waals surface area contributed by atoms with Crippen molar-refractivity contribution < 1.29 is 4.79 Å². The van der Waals surface area contributed by atoms with Gasteiger partial charge in [0.15, 0.2) is 0 Å². The number of carbonyl (C=O) groups excluding carboxylic acids is 1. The summed E-state index contributed by atoms with van der Waals surface area (Å²) in [6.45, 7) is 7.13. The summed E-state index contributed by atoms with van der Waals surface area (Å²) in [5.74, 6) is 0. The zero-order valence-corrected chi connectivity index (χ0v) is 16.0. The molecule has 4 nitrogen and oxygen atoms in total. The summed E-state index contributed by atoms with van der Waals surface area (Å²) in [6, 6.07) is 16.8. The van der Waals surface area contributed by atoms with E-state index in [0.29, 0.717) is 12.6 Å². The van der Waals surface area contributed by atoms with Gasteiger partial charge in [-0.2, -0.15) is 0 Å². The van der Waals surface area contributed by atoms with E-state index in [9.17, 15) is 4.79 Å². The number of urea groups is 1. The Hall–Kier alpha value is -2.36. The Bertz CT molecular complexity index is 711. The Morgan fingerprint density at radius 1 is 1.19 bits per heavy atom. The summed E-state index contributed by atoms with van der Waals surface area (Å²) in [6.07, 6.45) is 4.85.